The van der Waals surface area contributed by atoms with Crippen molar-refractivity contribution >= 4 is 21.9 Å². The van der Waals surface area contributed by atoms with Crippen LogP contribution in [-0.2, 0) is 4.74 Å². The van der Waals surface area contributed by atoms with Crippen LogP contribution in [0.2, 0.25) is 0 Å². The summed E-state index contributed by atoms with van der Waals surface area (Å²) in [6.07, 6.45) is 6.04. The lowest BCUT2D eigenvalue weighted by Gasteiger charge is -2.20. The molecule has 2 N–H and O–H groups in total. The first-order chi connectivity index (χ1) is 7.34. The van der Waals surface area contributed by atoms with Gasteiger partial charge in [0.05, 0.1) is 11.9 Å². The Morgan fingerprint density at radius 3 is 3.00 bits per heavy atom. The first kappa shape index (κ1) is 9.18. The van der Waals surface area contributed by atoms with E-state index in [1.165, 1.54) is 4.88 Å². The number of hydrogen-bond donors (Lipinski definition) is 1. The molecule has 1 fully saturated rings. The third kappa shape index (κ3) is 1.52. The molecule has 0 atom stereocenters. The van der Waals surface area contributed by atoms with E-state index in [1.807, 2.05) is 4.52 Å². The number of aromatic nitrogens is 2. The number of nitrogens with zero attached hydrogens (tertiary/aromatic N) is 2. The smallest absolute Gasteiger partial charge is 0.142 e. The summed E-state index contributed by atoms with van der Waals surface area (Å²) < 4.78 is 7.24. The lowest BCUT2D eigenvalue weighted by Crippen LogP contribution is -2.13. The molecule has 0 spiro atoms. The topological polar surface area (TPSA) is 52.5 Å². The molecule has 3 rings (SSSR count). The van der Waals surface area contributed by atoms with Crippen molar-refractivity contribution in [2.45, 2.75) is 18.8 Å². The van der Waals surface area contributed by atoms with E-state index in [9.17, 15) is 0 Å². The summed E-state index contributed by atoms with van der Waals surface area (Å²) in [6, 6.07) is 0. The highest BCUT2D eigenvalue weighted by Crippen LogP contribution is 2.33. The zero-order chi connectivity index (χ0) is 10.3. The lowest BCUT2D eigenvalue weighted by atomic mass is 9.99. The Morgan fingerprint density at radius 1 is 1.47 bits per heavy atom. The molecule has 1 aliphatic rings. The average Bonchev–Trinajstić information content (AvgIpc) is 2.83. The Balaban J connectivity index is 1.96. The van der Waals surface area contributed by atoms with E-state index in [4.69, 9.17) is 10.5 Å². The lowest BCUT2D eigenvalue weighted by molar-refractivity contribution is 0.0859. The van der Waals surface area contributed by atoms with Crippen molar-refractivity contribution in [1.82, 2.24) is 9.61 Å². The Hall–Kier alpha value is -1.07. The van der Waals surface area contributed by atoms with Gasteiger partial charge in [0.15, 0.2) is 0 Å². The molecule has 0 bridgehead atoms. The zero-order valence-corrected chi connectivity index (χ0v) is 9.17. The summed E-state index contributed by atoms with van der Waals surface area (Å²) in [5.41, 5.74) is 6.60. The number of ether oxygens (including phenoxy) is 1. The molecule has 0 radical (unpaired) electrons. The van der Waals surface area contributed by atoms with E-state index < -0.39 is 0 Å². The molecule has 15 heavy (non-hydrogen) atoms. The summed E-state index contributed by atoms with van der Waals surface area (Å²) in [6.45, 7) is 1.75. The summed E-state index contributed by atoms with van der Waals surface area (Å²) in [7, 11) is 0. The van der Waals surface area contributed by atoms with Crippen LogP contribution in [0, 0.1) is 0 Å². The van der Waals surface area contributed by atoms with Crippen molar-refractivity contribution in [3.05, 3.63) is 17.3 Å². The minimum absolute atomic E-state index is 0.629. The molecule has 2 aromatic rings. The Morgan fingerprint density at radius 2 is 2.27 bits per heavy atom. The highest BCUT2D eigenvalue weighted by Gasteiger charge is 2.19. The molecule has 5 heteroatoms. The van der Waals surface area contributed by atoms with Crippen molar-refractivity contribution in [3.63, 3.8) is 0 Å². The SMILES string of the molecule is Nc1cnn2cc(C3CCOCC3)sc12. The van der Waals surface area contributed by atoms with Crippen LogP contribution >= 0.6 is 11.3 Å². The molecule has 0 saturated carbocycles. The normalized spacial score (nSPS) is 18.7. The highest BCUT2D eigenvalue weighted by molar-refractivity contribution is 7.18. The van der Waals surface area contributed by atoms with Gasteiger partial charge in [-0.2, -0.15) is 5.10 Å². The molecule has 2 aromatic heterocycles. The zero-order valence-electron chi connectivity index (χ0n) is 8.35. The second-order valence-corrected chi connectivity index (χ2v) is 4.93. The molecule has 0 aliphatic carbocycles. The number of nitrogen functional groups attached to an aromatic ring is 1. The maximum Gasteiger partial charge on any atom is 0.142 e. The average molecular weight is 223 g/mol. The van der Waals surface area contributed by atoms with Crippen molar-refractivity contribution in [2.24, 2.45) is 0 Å². The predicted octanol–water partition coefficient (Wildman–Crippen LogP) is 1.87. The molecule has 4 nitrogen and oxygen atoms in total. The largest absolute Gasteiger partial charge is 0.395 e. The van der Waals surface area contributed by atoms with Gasteiger partial charge in [-0.25, -0.2) is 4.52 Å². The second kappa shape index (κ2) is 3.50. The highest BCUT2D eigenvalue weighted by atomic mass is 32.1. The Labute approximate surface area is 91.7 Å². The van der Waals surface area contributed by atoms with Gasteiger partial charge in [-0.3, -0.25) is 0 Å². The van der Waals surface area contributed by atoms with Gasteiger partial charge < -0.3 is 10.5 Å². The number of anilines is 1. The Bertz CT molecular complexity index is 470. The van der Waals surface area contributed by atoms with Crippen molar-refractivity contribution in [3.8, 4) is 0 Å². The van der Waals surface area contributed by atoms with E-state index in [0.717, 1.165) is 36.6 Å². The molecule has 1 saturated heterocycles. The van der Waals surface area contributed by atoms with Crippen LogP contribution in [0.5, 0.6) is 0 Å². The van der Waals surface area contributed by atoms with Crippen molar-refractivity contribution in [2.75, 3.05) is 18.9 Å². The van der Waals surface area contributed by atoms with Crippen molar-refractivity contribution in [1.29, 1.82) is 0 Å². The predicted molar refractivity (Wildman–Crippen MR) is 60.3 cm³/mol. The number of rotatable bonds is 1. The fraction of sp³-hybridized carbons (Fsp3) is 0.500. The van der Waals surface area contributed by atoms with Gasteiger partial charge >= 0.3 is 0 Å². The number of hydrogen-bond acceptors (Lipinski definition) is 4. The molecule has 0 aromatic carbocycles. The van der Waals surface area contributed by atoms with Crippen LogP contribution in [-0.4, -0.2) is 22.8 Å². The first-order valence-electron chi connectivity index (χ1n) is 5.15. The minimum atomic E-state index is 0.629. The van der Waals surface area contributed by atoms with Crippen LogP contribution < -0.4 is 5.73 Å². The van der Waals surface area contributed by atoms with Gasteiger partial charge in [0.2, 0.25) is 0 Å². The summed E-state index contributed by atoms with van der Waals surface area (Å²) in [4.78, 5) is 2.45. The molecule has 80 valence electrons. The van der Waals surface area contributed by atoms with Gasteiger partial charge in [-0.05, 0) is 18.8 Å². The van der Waals surface area contributed by atoms with E-state index in [1.54, 1.807) is 17.5 Å². The van der Waals surface area contributed by atoms with Gasteiger partial charge in [-0.15, -0.1) is 11.3 Å². The Kier molecular flexibility index (Phi) is 2.14. The molecule has 3 heterocycles. The maximum absolute atomic E-state index is 5.82. The van der Waals surface area contributed by atoms with E-state index in [0.29, 0.717) is 5.92 Å². The molecular weight excluding hydrogens is 210 g/mol. The van der Waals surface area contributed by atoms with Crippen LogP contribution in [0.3, 0.4) is 0 Å². The van der Waals surface area contributed by atoms with Gasteiger partial charge in [0.25, 0.3) is 0 Å². The number of nitrogens with two attached hydrogens (primary N) is 1. The summed E-state index contributed by atoms with van der Waals surface area (Å²) in [5.74, 6) is 0.629. The third-order valence-electron chi connectivity index (χ3n) is 2.86. The molecule has 0 amide bonds. The molecular formula is C10H13N3OS. The fourth-order valence-electron chi connectivity index (χ4n) is 1.99. The van der Waals surface area contributed by atoms with Crippen LogP contribution in [0.15, 0.2) is 12.4 Å². The second-order valence-electron chi connectivity index (χ2n) is 3.87. The standard InChI is InChI=1S/C10H13N3OS/c11-8-5-12-13-6-9(15-10(8)13)7-1-3-14-4-2-7/h5-7H,1-4,11H2. The quantitative estimate of drug-likeness (QED) is 0.803. The fourth-order valence-corrected chi connectivity index (χ4v) is 3.13. The van der Waals surface area contributed by atoms with Gasteiger partial charge in [0, 0.05) is 24.3 Å². The van der Waals surface area contributed by atoms with E-state index in [2.05, 4.69) is 11.3 Å². The minimum Gasteiger partial charge on any atom is -0.395 e. The summed E-state index contributed by atoms with van der Waals surface area (Å²) >= 11 is 1.76. The van der Waals surface area contributed by atoms with Gasteiger partial charge in [-0.1, -0.05) is 0 Å². The molecule has 1 aliphatic heterocycles. The summed E-state index contributed by atoms with van der Waals surface area (Å²) in [5, 5.41) is 4.20. The monoisotopic (exact) mass is 223 g/mol. The third-order valence-corrected chi connectivity index (χ3v) is 4.15. The first-order valence-corrected chi connectivity index (χ1v) is 5.96. The van der Waals surface area contributed by atoms with Crippen LogP contribution in [0.25, 0.3) is 4.83 Å². The number of fused-ring (bicyclic) bond motifs is 1. The van der Waals surface area contributed by atoms with E-state index >= 15 is 0 Å². The number of thiazole rings is 1. The van der Waals surface area contributed by atoms with Crippen molar-refractivity contribution < 1.29 is 4.74 Å². The molecule has 0 unspecified atom stereocenters. The van der Waals surface area contributed by atoms with Crippen LogP contribution in [0.4, 0.5) is 5.69 Å². The maximum atomic E-state index is 5.82. The van der Waals surface area contributed by atoms with E-state index in [-0.39, 0.29) is 0 Å². The van der Waals surface area contributed by atoms with Gasteiger partial charge in [0.1, 0.15) is 4.83 Å². The van der Waals surface area contributed by atoms with Crippen LogP contribution in [0.1, 0.15) is 23.6 Å².